The van der Waals surface area contributed by atoms with Gasteiger partial charge in [0.05, 0.1) is 11.5 Å². The Hall–Kier alpha value is -2.98. The first-order chi connectivity index (χ1) is 11.0. The molecule has 0 unspecified atom stereocenters. The summed E-state index contributed by atoms with van der Waals surface area (Å²) in [7, 11) is 0. The van der Waals surface area contributed by atoms with E-state index in [2.05, 4.69) is 0 Å². The Kier molecular flexibility index (Phi) is 5.23. The van der Waals surface area contributed by atoms with Gasteiger partial charge < -0.3 is 4.74 Å². The number of hydrogen-bond acceptors (Lipinski definition) is 6. The summed E-state index contributed by atoms with van der Waals surface area (Å²) >= 11 is 1.33. The highest BCUT2D eigenvalue weighted by Gasteiger charge is 2.12. The molecule has 1 aromatic carbocycles. The van der Waals surface area contributed by atoms with Crippen molar-refractivity contribution in [1.29, 1.82) is 5.26 Å². The summed E-state index contributed by atoms with van der Waals surface area (Å²) in [5.41, 5.74) is 0.634. The number of ether oxygens (including phenoxy) is 1. The van der Waals surface area contributed by atoms with Gasteiger partial charge in [-0.05, 0) is 30.7 Å². The summed E-state index contributed by atoms with van der Waals surface area (Å²) in [6.45, 7) is 1.86. The van der Waals surface area contributed by atoms with E-state index < -0.39 is 10.9 Å². The molecule has 0 aliphatic carbocycles. The van der Waals surface area contributed by atoms with Crippen LogP contribution in [0.15, 0.2) is 42.0 Å². The second-order valence-electron chi connectivity index (χ2n) is 4.40. The third-order valence-corrected chi connectivity index (χ3v) is 3.95. The van der Waals surface area contributed by atoms with Gasteiger partial charge in [0.25, 0.3) is 5.69 Å². The predicted molar refractivity (Wildman–Crippen MR) is 86.6 cm³/mol. The number of nitriles is 1. The smallest absolute Gasteiger partial charge is 0.348 e. The van der Waals surface area contributed by atoms with Crippen LogP contribution in [0.25, 0.3) is 16.5 Å². The number of nitro groups is 1. The van der Waals surface area contributed by atoms with Crippen LogP contribution in [-0.4, -0.2) is 17.5 Å². The zero-order valence-electron chi connectivity index (χ0n) is 12.2. The number of carbonyl (C=O) groups is 1. The van der Waals surface area contributed by atoms with E-state index in [1.807, 2.05) is 6.07 Å². The van der Waals surface area contributed by atoms with Crippen LogP contribution >= 0.6 is 11.3 Å². The number of hydrogen-bond donors (Lipinski definition) is 0. The van der Waals surface area contributed by atoms with Gasteiger partial charge in [-0.25, -0.2) is 4.79 Å². The van der Waals surface area contributed by atoms with E-state index in [1.54, 1.807) is 31.2 Å². The van der Waals surface area contributed by atoms with Gasteiger partial charge in [-0.2, -0.15) is 5.26 Å². The Morgan fingerprint density at radius 2 is 2.22 bits per heavy atom. The van der Waals surface area contributed by atoms with Gasteiger partial charge in [0.15, 0.2) is 0 Å². The molecular weight excluding hydrogens is 316 g/mol. The maximum absolute atomic E-state index is 11.6. The Morgan fingerprint density at radius 3 is 2.87 bits per heavy atom. The maximum Gasteiger partial charge on any atom is 0.348 e. The third-order valence-electron chi connectivity index (χ3n) is 2.87. The third kappa shape index (κ3) is 4.02. The van der Waals surface area contributed by atoms with Crippen molar-refractivity contribution in [1.82, 2.24) is 0 Å². The first kappa shape index (κ1) is 16.4. The molecule has 1 heterocycles. The van der Waals surface area contributed by atoms with Gasteiger partial charge in [0.1, 0.15) is 11.6 Å². The molecule has 0 bridgehead atoms. The topological polar surface area (TPSA) is 93.2 Å². The summed E-state index contributed by atoms with van der Waals surface area (Å²) in [6, 6.07) is 11.6. The van der Waals surface area contributed by atoms with E-state index >= 15 is 0 Å². The van der Waals surface area contributed by atoms with Crippen LogP contribution in [0.4, 0.5) is 5.69 Å². The SMILES string of the molecule is CCOC(=O)/C(C#N)=C/c1ccc(-c2cccc([N+](=O)[O-])c2)s1. The Labute approximate surface area is 136 Å². The van der Waals surface area contributed by atoms with E-state index in [9.17, 15) is 14.9 Å². The predicted octanol–water partition coefficient (Wildman–Crippen LogP) is 3.79. The molecule has 116 valence electrons. The molecule has 7 heteroatoms. The van der Waals surface area contributed by atoms with Crippen LogP contribution in [0.5, 0.6) is 0 Å². The second-order valence-corrected chi connectivity index (χ2v) is 5.52. The number of nitro benzene ring substituents is 1. The van der Waals surface area contributed by atoms with Crippen LogP contribution in [0.2, 0.25) is 0 Å². The lowest BCUT2D eigenvalue weighted by Gasteiger charge is -1.98. The molecule has 0 spiro atoms. The molecule has 0 saturated carbocycles. The minimum atomic E-state index is -0.666. The highest BCUT2D eigenvalue weighted by Crippen LogP contribution is 2.31. The Bertz CT molecular complexity index is 817. The monoisotopic (exact) mass is 328 g/mol. The number of nitrogens with zero attached hydrogens (tertiary/aromatic N) is 2. The van der Waals surface area contributed by atoms with Gasteiger partial charge in [0.2, 0.25) is 0 Å². The van der Waals surface area contributed by atoms with Gasteiger partial charge in [-0.3, -0.25) is 10.1 Å². The lowest BCUT2D eigenvalue weighted by Crippen LogP contribution is -2.05. The summed E-state index contributed by atoms with van der Waals surface area (Å²) in [5.74, 6) is -0.666. The van der Waals surface area contributed by atoms with E-state index in [-0.39, 0.29) is 17.9 Å². The second kappa shape index (κ2) is 7.33. The molecule has 0 amide bonds. The zero-order valence-corrected chi connectivity index (χ0v) is 13.0. The minimum Gasteiger partial charge on any atom is -0.462 e. The average molecular weight is 328 g/mol. The molecule has 0 radical (unpaired) electrons. The van der Waals surface area contributed by atoms with Crippen LogP contribution < -0.4 is 0 Å². The largest absolute Gasteiger partial charge is 0.462 e. The van der Waals surface area contributed by atoms with Crippen molar-refractivity contribution in [3.8, 4) is 16.5 Å². The molecule has 23 heavy (non-hydrogen) atoms. The number of thiophene rings is 1. The molecule has 1 aromatic heterocycles. The first-order valence-electron chi connectivity index (χ1n) is 6.68. The molecule has 0 aliphatic heterocycles. The van der Waals surface area contributed by atoms with Crippen molar-refractivity contribution in [3.63, 3.8) is 0 Å². The number of non-ortho nitro benzene ring substituents is 1. The fourth-order valence-electron chi connectivity index (χ4n) is 1.85. The summed E-state index contributed by atoms with van der Waals surface area (Å²) < 4.78 is 4.80. The van der Waals surface area contributed by atoms with Crippen LogP contribution in [-0.2, 0) is 9.53 Å². The fraction of sp³-hybridized carbons (Fsp3) is 0.125. The molecule has 2 rings (SSSR count). The van der Waals surface area contributed by atoms with E-state index in [0.717, 1.165) is 4.88 Å². The van der Waals surface area contributed by atoms with Crippen molar-refractivity contribution in [3.05, 3.63) is 57.0 Å². The lowest BCUT2D eigenvalue weighted by atomic mass is 10.1. The van der Waals surface area contributed by atoms with Gasteiger partial charge in [-0.15, -0.1) is 11.3 Å². The summed E-state index contributed by atoms with van der Waals surface area (Å²) in [4.78, 5) is 23.5. The van der Waals surface area contributed by atoms with E-state index in [1.165, 1.54) is 29.5 Å². The molecule has 0 saturated heterocycles. The number of rotatable bonds is 5. The number of benzene rings is 1. The average Bonchev–Trinajstić information content (AvgIpc) is 3.01. The van der Waals surface area contributed by atoms with Gasteiger partial charge in [0, 0.05) is 21.9 Å². The van der Waals surface area contributed by atoms with Crippen LogP contribution in [0.1, 0.15) is 11.8 Å². The minimum absolute atomic E-state index is 0.0113. The number of carbonyl (C=O) groups excluding carboxylic acids is 1. The van der Waals surface area contributed by atoms with Gasteiger partial charge in [-0.1, -0.05) is 12.1 Å². The highest BCUT2D eigenvalue weighted by atomic mass is 32.1. The molecular formula is C16H12N2O4S. The van der Waals surface area contributed by atoms with Crippen molar-refractivity contribution < 1.29 is 14.5 Å². The standard InChI is InChI=1S/C16H12N2O4S/c1-2-22-16(19)12(10-17)9-14-6-7-15(23-14)11-4-3-5-13(8-11)18(20)21/h3-9H,2H2,1H3/b12-9+. The zero-order chi connectivity index (χ0) is 16.8. The van der Waals surface area contributed by atoms with E-state index in [4.69, 9.17) is 10.00 Å². The van der Waals surface area contributed by atoms with Gasteiger partial charge >= 0.3 is 5.97 Å². The van der Waals surface area contributed by atoms with Crippen molar-refractivity contribution in [2.45, 2.75) is 6.92 Å². The van der Waals surface area contributed by atoms with Crippen LogP contribution in [0.3, 0.4) is 0 Å². The summed E-state index contributed by atoms with van der Waals surface area (Å²) in [6.07, 6.45) is 1.45. The lowest BCUT2D eigenvalue weighted by molar-refractivity contribution is -0.384. The molecule has 0 N–H and O–H groups in total. The molecule has 0 aliphatic rings. The maximum atomic E-state index is 11.6. The Morgan fingerprint density at radius 1 is 1.43 bits per heavy atom. The quantitative estimate of drug-likeness (QED) is 0.274. The van der Waals surface area contributed by atoms with Crippen molar-refractivity contribution >= 4 is 29.1 Å². The van der Waals surface area contributed by atoms with Crippen molar-refractivity contribution in [2.75, 3.05) is 6.61 Å². The molecule has 0 atom stereocenters. The van der Waals surface area contributed by atoms with E-state index in [0.29, 0.717) is 10.4 Å². The molecule has 6 nitrogen and oxygen atoms in total. The molecule has 2 aromatic rings. The highest BCUT2D eigenvalue weighted by molar-refractivity contribution is 7.16. The number of esters is 1. The normalized spacial score (nSPS) is 10.9. The first-order valence-corrected chi connectivity index (χ1v) is 7.50. The van der Waals surface area contributed by atoms with Crippen LogP contribution in [0, 0.1) is 21.4 Å². The van der Waals surface area contributed by atoms with Crippen molar-refractivity contribution in [2.24, 2.45) is 0 Å². The summed E-state index contributed by atoms with van der Waals surface area (Å²) in [5, 5.41) is 19.8. The molecule has 0 fully saturated rings. The fourth-order valence-corrected chi connectivity index (χ4v) is 2.79. The Balaban J connectivity index is 2.30.